The molecule has 2 heterocycles. The van der Waals surface area contributed by atoms with Gasteiger partial charge in [0, 0.05) is 22.6 Å². The molecule has 3 aromatic carbocycles. The predicted octanol–water partition coefficient (Wildman–Crippen LogP) is 5.96. The van der Waals surface area contributed by atoms with Crippen molar-refractivity contribution in [1.82, 2.24) is 5.32 Å². The first-order chi connectivity index (χ1) is 15.1. The quantitative estimate of drug-likeness (QED) is 0.402. The molecule has 5 rings (SSSR count). The second-order valence-electron chi connectivity index (χ2n) is 7.43. The van der Waals surface area contributed by atoms with Crippen molar-refractivity contribution < 1.29 is 9.53 Å². The summed E-state index contributed by atoms with van der Waals surface area (Å²) in [5.41, 5.74) is 5.36. The number of thiocarbonyl (C=S) groups is 1. The van der Waals surface area contributed by atoms with Gasteiger partial charge in [0.1, 0.15) is 15.8 Å². The summed E-state index contributed by atoms with van der Waals surface area (Å²) in [6.07, 6.45) is 1.94. The van der Waals surface area contributed by atoms with Crippen molar-refractivity contribution in [1.29, 1.82) is 0 Å². The smallest absolute Gasteiger partial charge is 0.263 e. The molecule has 5 heteroatoms. The molecule has 1 fully saturated rings. The lowest BCUT2D eigenvalue weighted by Gasteiger charge is -2.31. The van der Waals surface area contributed by atoms with Gasteiger partial charge in [-0.05, 0) is 30.2 Å². The summed E-state index contributed by atoms with van der Waals surface area (Å²) in [6, 6.07) is 26.5. The molecule has 152 valence electrons. The monoisotopic (exact) mass is 441 g/mol. The number of ether oxygens (including phenoxy) is 1. The molecule has 2 aliphatic heterocycles. The largest absolute Gasteiger partial charge is 0.456 e. The van der Waals surface area contributed by atoms with Gasteiger partial charge >= 0.3 is 0 Å². The van der Waals surface area contributed by atoms with Gasteiger partial charge in [0.25, 0.3) is 5.91 Å². The van der Waals surface area contributed by atoms with Gasteiger partial charge in [0.05, 0.1) is 4.91 Å². The molecule has 3 aromatic rings. The van der Waals surface area contributed by atoms with Gasteiger partial charge in [-0.3, -0.25) is 4.79 Å². The number of aryl methyl sites for hydroxylation is 1. The molecule has 0 spiro atoms. The fraction of sp³-hybridized carbons (Fsp3) is 0.0769. The molecular formula is C26H19NO2S2. The number of fused-ring (bicyclic) bond motifs is 1. The van der Waals surface area contributed by atoms with Gasteiger partial charge in [0.2, 0.25) is 0 Å². The highest BCUT2D eigenvalue weighted by Gasteiger charge is 2.33. The first kappa shape index (κ1) is 19.8. The molecule has 1 atom stereocenters. The van der Waals surface area contributed by atoms with Gasteiger partial charge in [-0.2, -0.15) is 0 Å². The number of thioether (sulfide) groups is 1. The molecule has 0 unspecified atom stereocenters. The summed E-state index contributed by atoms with van der Waals surface area (Å²) >= 11 is 6.50. The molecule has 0 radical (unpaired) electrons. The highest BCUT2D eigenvalue weighted by Crippen LogP contribution is 2.47. The Hall–Kier alpha value is -3.15. The van der Waals surface area contributed by atoms with Gasteiger partial charge in [0.15, 0.2) is 0 Å². The molecule has 0 saturated carbocycles. The Balaban J connectivity index is 1.80. The molecule has 0 aromatic heterocycles. The Bertz CT molecular complexity index is 1260. The predicted molar refractivity (Wildman–Crippen MR) is 130 cm³/mol. The summed E-state index contributed by atoms with van der Waals surface area (Å²) in [5, 5.41) is 2.72. The van der Waals surface area contributed by atoms with Crippen molar-refractivity contribution in [3.63, 3.8) is 0 Å². The molecule has 3 nitrogen and oxygen atoms in total. The fourth-order valence-corrected chi connectivity index (χ4v) is 5.09. The lowest BCUT2D eigenvalue weighted by Crippen LogP contribution is -2.19. The minimum Gasteiger partial charge on any atom is -0.456 e. The third-order valence-electron chi connectivity index (χ3n) is 5.48. The van der Waals surface area contributed by atoms with Gasteiger partial charge in [-0.15, -0.1) is 0 Å². The number of nitrogens with one attached hydrogen (secondary N) is 1. The van der Waals surface area contributed by atoms with Crippen LogP contribution in [0.3, 0.4) is 0 Å². The zero-order valence-corrected chi connectivity index (χ0v) is 18.4. The van der Waals surface area contributed by atoms with E-state index < -0.39 is 0 Å². The summed E-state index contributed by atoms with van der Waals surface area (Å²) < 4.78 is 6.93. The standard InChI is InChI=1S/C26H19NO2S2/c1-16-9-5-6-12-18(16)23-19-13-7-8-14-21(19)29-24(17-10-3-2-4-11-17)20(23)15-22-25(28)27-26(30)31-22/h2-15,23H,1H3,(H,27,28,30)/b22-15+/t23-/m0/s1. The minimum absolute atomic E-state index is 0.0728. The third kappa shape index (κ3) is 3.71. The van der Waals surface area contributed by atoms with Crippen LogP contribution >= 0.6 is 24.0 Å². The Kier molecular flexibility index (Phi) is 5.22. The van der Waals surface area contributed by atoms with E-state index in [-0.39, 0.29) is 11.8 Å². The van der Waals surface area contributed by atoms with Crippen LogP contribution in [-0.4, -0.2) is 10.2 Å². The molecule has 1 amide bonds. The number of hydrogen-bond acceptors (Lipinski definition) is 4. The fourth-order valence-electron chi connectivity index (χ4n) is 4.05. The van der Waals surface area contributed by atoms with Crippen LogP contribution in [0.15, 0.2) is 95.4 Å². The van der Waals surface area contributed by atoms with Crippen molar-refractivity contribution in [2.24, 2.45) is 0 Å². The van der Waals surface area contributed by atoms with Crippen LogP contribution in [0, 0.1) is 6.92 Å². The molecule has 0 bridgehead atoms. The van der Waals surface area contributed by atoms with E-state index in [9.17, 15) is 4.79 Å². The Morgan fingerprint density at radius 1 is 0.935 bits per heavy atom. The maximum Gasteiger partial charge on any atom is 0.263 e. The number of carbonyl (C=O) groups is 1. The van der Waals surface area contributed by atoms with Crippen molar-refractivity contribution in [2.45, 2.75) is 12.8 Å². The lowest BCUT2D eigenvalue weighted by atomic mass is 9.79. The van der Waals surface area contributed by atoms with Crippen LogP contribution in [-0.2, 0) is 4.79 Å². The number of hydrogen-bond donors (Lipinski definition) is 1. The number of rotatable bonds is 3. The summed E-state index contributed by atoms with van der Waals surface area (Å²) in [6.45, 7) is 2.12. The highest BCUT2D eigenvalue weighted by molar-refractivity contribution is 8.26. The molecule has 1 N–H and O–H groups in total. The van der Waals surface area contributed by atoms with E-state index in [1.807, 2.05) is 60.7 Å². The molecule has 1 saturated heterocycles. The van der Waals surface area contributed by atoms with E-state index in [1.54, 1.807) is 0 Å². The van der Waals surface area contributed by atoms with Gasteiger partial charge < -0.3 is 10.1 Å². The first-order valence-electron chi connectivity index (χ1n) is 9.98. The summed E-state index contributed by atoms with van der Waals surface area (Å²) in [7, 11) is 0. The van der Waals surface area contributed by atoms with Gasteiger partial charge in [-0.25, -0.2) is 0 Å². The van der Waals surface area contributed by atoms with Crippen molar-refractivity contribution in [3.05, 3.63) is 118 Å². The van der Waals surface area contributed by atoms with Crippen molar-refractivity contribution in [2.75, 3.05) is 0 Å². The molecule has 0 aliphatic carbocycles. The van der Waals surface area contributed by atoms with Crippen LogP contribution in [0.1, 0.15) is 28.2 Å². The number of allylic oxidation sites excluding steroid dienone is 2. The maximum atomic E-state index is 12.5. The van der Waals surface area contributed by atoms with E-state index in [0.717, 1.165) is 28.2 Å². The average Bonchev–Trinajstić information content (AvgIpc) is 3.11. The normalized spacial score (nSPS) is 19.3. The zero-order chi connectivity index (χ0) is 21.4. The van der Waals surface area contributed by atoms with Gasteiger partial charge in [-0.1, -0.05) is 96.8 Å². The lowest BCUT2D eigenvalue weighted by molar-refractivity contribution is -0.115. The number of para-hydroxylation sites is 1. The van der Waals surface area contributed by atoms with E-state index >= 15 is 0 Å². The topological polar surface area (TPSA) is 38.3 Å². The van der Waals surface area contributed by atoms with E-state index in [2.05, 4.69) is 36.5 Å². The molecular weight excluding hydrogens is 422 g/mol. The second kappa shape index (κ2) is 8.17. The van der Waals surface area contributed by atoms with Crippen LogP contribution < -0.4 is 10.1 Å². The van der Waals surface area contributed by atoms with Crippen LogP contribution in [0.2, 0.25) is 0 Å². The minimum atomic E-state index is -0.169. The van der Waals surface area contributed by atoms with Crippen LogP contribution in [0.5, 0.6) is 5.75 Å². The van der Waals surface area contributed by atoms with E-state index in [1.165, 1.54) is 22.9 Å². The van der Waals surface area contributed by atoms with Crippen LogP contribution in [0.4, 0.5) is 0 Å². The Labute approximate surface area is 190 Å². The Morgan fingerprint density at radius 2 is 1.61 bits per heavy atom. The summed E-state index contributed by atoms with van der Waals surface area (Å²) in [5.74, 6) is 1.34. The first-order valence-corrected chi connectivity index (χ1v) is 11.2. The van der Waals surface area contributed by atoms with E-state index in [0.29, 0.717) is 9.23 Å². The summed E-state index contributed by atoms with van der Waals surface area (Å²) in [4.78, 5) is 13.1. The third-order valence-corrected chi connectivity index (χ3v) is 6.64. The maximum absolute atomic E-state index is 12.5. The Morgan fingerprint density at radius 3 is 2.32 bits per heavy atom. The molecule has 2 aliphatic rings. The number of carbonyl (C=O) groups excluding carboxylic acids is 1. The van der Waals surface area contributed by atoms with E-state index in [4.69, 9.17) is 17.0 Å². The SMILES string of the molecule is Cc1ccccc1[C@@H]1C(/C=C2/SC(=S)NC2=O)=C(c2ccccc2)Oc2ccccc21. The average molecular weight is 442 g/mol. The van der Waals surface area contributed by atoms with Crippen LogP contribution in [0.25, 0.3) is 5.76 Å². The molecule has 31 heavy (non-hydrogen) atoms. The second-order valence-corrected chi connectivity index (χ2v) is 9.15. The van der Waals surface area contributed by atoms with Crippen molar-refractivity contribution in [3.8, 4) is 5.75 Å². The number of benzene rings is 3. The number of amides is 1. The van der Waals surface area contributed by atoms with Crippen molar-refractivity contribution >= 4 is 40.0 Å². The highest BCUT2D eigenvalue weighted by atomic mass is 32.2. The zero-order valence-electron chi connectivity index (χ0n) is 16.8.